The van der Waals surface area contributed by atoms with Gasteiger partial charge in [-0.2, -0.15) is 26.3 Å². The second-order valence-electron chi connectivity index (χ2n) is 8.78. The lowest BCUT2D eigenvalue weighted by Gasteiger charge is -2.33. The largest absolute Gasteiger partial charge is 0.490 e. The van der Waals surface area contributed by atoms with E-state index in [1.165, 1.54) is 5.56 Å². The van der Waals surface area contributed by atoms with Crippen molar-refractivity contribution in [2.24, 2.45) is 5.92 Å². The molecule has 2 fully saturated rings. The molecule has 2 aromatic rings. The van der Waals surface area contributed by atoms with E-state index >= 15 is 0 Å². The number of amides is 1. The molecule has 2 aliphatic rings. The molecule has 2 aromatic heterocycles. The maximum Gasteiger partial charge on any atom is 0.490 e. The smallest absolute Gasteiger partial charge is 0.475 e. The van der Waals surface area contributed by atoms with Crippen LogP contribution >= 0.6 is 0 Å². The Balaban J connectivity index is 0.000000333. The number of nitrogens with zero attached hydrogens (tertiary/aromatic N) is 2. The highest BCUT2D eigenvalue weighted by molar-refractivity contribution is 5.81. The zero-order chi connectivity index (χ0) is 29.9. The maximum atomic E-state index is 12.4. The molecule has 4 rings (SSSR count). The Morgan fingerprint density at radius 3 is 2.23 bits per heavy atom. The lowest BCUT2D eigenvalue weighted by Crippen LogP contribution is -2.42. The summed E-state index contributed by atoms with van der Waals surface area (Å²) < 4.78 is 74.7. The number of hydrogen-bond donors (Lipinski definition) is 3. The molecule has 222 valence electrons. The number of ether oxygens (including phenoxy) is 1. The van der Waals surface area contributed by atoms with Crippen molar-refractivity contribution in [3.05, 3.63) is 54.2 Å². The summed E-state index contributed by atoms with van der Waals surface area (Å²) in [5.74, 6) is -5.01. The Bertz CT molecular complexity index is 1060. The van der Waals surface area contributed by atoms with Crippen molar-refractivity contribution in [3.8, 4) is 0 Å². The summed E-state index contributed by atoms with van der Waals surface area (Å²) in [4.78, 5) is 36.9. The van der Waals surface area contributed by atoms with Crippen LogP contribution in [0.25, 0.3) is 0 Å². The molecule has 16 heteroatoms. The number of pyridine rings is 1. The Morgan fingerprint density at radius 2 is 1.70 bits per heavy atom. The number of rotatable bonds is 6. The fourth-order valence-corrected chi connectivity index (χ4v) is 3.92. The third kappa shape index (κ3) is 11.2. The van der Waals surface area contributed by atoms with Gasteiger partial charge >= 0.3 is 24.3 Å². The van der Waals surface area contributed by atoms with Crippen molar-refractivity contribution < 1.29 is 60.1 Å². The molecule has 0 spiro atoms. The molecule has 0 aromatic carbocycles. The van der Waals surface area contributed by atoms with Gasteiger partial charge in [-0.15, -0.1) is 0 Å². The van der Waals surface area contributed by atoms with Crippen LogP contribution < -0.4 is 5.32 Å². The molecule has 0 bridgehead atoms. The van der Waals surface area contributed by atoms with Gasteiger partial charge in [0.2, 0.25) is 5.91 Å². The molecule has 4 heterocycles. The molecule has 0 saturated carbocycles. The Labute approximate surface area is 223 Å². The molecule has 1 amide bonds. The van der Waals surface area contributed by atoms with Crippen LogP contribution in [0.1, 0.15) is 24.1 Å². The number of carboxylic acid groups (broad SMARTS) is 2. The summed E-state index contributed by atoms with van der Waals surface area (Å²) in [7, 11) is 0. The summed E-state index contributed by atoms with van der Waals surface area (Å²) in [5.41, 5.74) is 2.17. The first-order chi connectivity index (χ1) is 18.7. The Kier molecular flexibility index (Phi) is 11.9. The van der Waals surface area contributed by atoms with E-state index in [0.29, 0.717) is 12.5 Å². The highest BCUT2D eigenvalue weighted by atomic mass is 19.4. The van der Waals surface area contributed by atoms with E-state index in [9.17, 15) is 31.1 Å². The fraction of sp³-hybridized carbons (Fsp3) is 0.500. The van der Waals surface area contributed by atoms with Gasteiger partial charge in [-0.1, -0.05) is 6.07 Å². The normalized spacial score (nSPS) is 20.7. The first kappa shape index (κ1) is 32.6. The van der Waals surface area contributed by atoms with E-state index < -0.39 is 24.3 Å². The quantitative estimate of drug-likeness (QED) is 0.437. The van der Waals surface area contributed by atoms with Crippen LogP contribution in [-0.2, 0) is 32.1 Å². The predicted molar refractivity (Wildman–Crippen MR) is 124 cm³/mol. The minimum Gasteiger partial charge on any atom is -0.475 e. The number of fused-ring (bicyclic) bond motifs is 1. The van der Waals surface area contributed by atoms with Crippen molar-refractivity contribution in [1.29, 1.82) is 0 Å². The number of aromatic nitrogens is 1. The summed E-state index contributed by atoms with van der Waals surface area (Å²) in [6, 6.07) is 7.83. The number of nitrogens with one attached hydrogen (secondary N) is 1. The third-order valence-corrected chi connectivity index (χ3v) is 5.81. The summed E-state index contributed by atoms with van der Waals surface area (Å²) in [6.45, 7) is 3.40. The van der Waals surface area contributed by atoms with Gasteiger partial charge < -0.3 is 24.7 Å². The number of piperidine rings is 1. The predicted octanol–water partition coefficient (Wildman–Crippen LogP) is 3.28. The average molecular weight is 583 g/mol. The Morgan fingerprint density at radius 1 is 1.05 bits per heavy atom. The summed E-state index contributed by atoms with van der Waals surface area (Å²) in [6.07, 6.45) is -2.40. The topological polar surface area (TPSA) is 142 Å². The van der Waals surface area contributed by atoms with Gasteiger partial charge in [-0.05, 0) is 43.5 Å². The number of alkyl halides is 6. The van der Waals surface area contributed by atoms with Gasteiger partial charge in [-0.25, -0.2) is 9.59 Å². The number of carbonyl (C=O) groups excluding carboxylic acids is 1. The Hall–Kier alpha value is -3.66. The molecule has 0 aliphatic carbocycles. The van der Waals surface area contributed by atoms with Gasteiger partial charge in [0.25, 0.3) is 0 Å². The van der Waals surface area contributed by atoms with Crippen LogP contribution in [-0.4, -0.2) is 82.1 Å². The van der Waals surface area contributed by atoms with E-state index in [1.807, 2.05) is 24.3 Å². The molecule has 0 unspecified atom stereocenters. The number of hydrogen-bond acceptors (Lipinski definition) is 7. The van der Waals surface area contributed by atoms with Crippen molar-refractivity contribution in [2.45, 2.75) is 50.4 Å². The van der Waals surface area contributed by atoms with E-state index in [1.54, 1.807) is 18.7 Å². The number of likely N-dealkylation sites (tertiary alicyclic amines) is 1. The number of aliphatic carboxylic acids is 2. The van der Waals surface area contributed by atoms with Crippen molar-refractivity contribution in [3.63, 3.8) is 0 Å². The molecular weight excluding hydrogens is 556 g/mol. The minimum atomic E-state index is -5.08. The van der Waals surface area contributed by atoms with Gasteiger partial charge in [0.05, 0.1) is 18.6 Å². The second kappa shape index (κ2) is 14.6. The van der Waals surface area contributed by atoms with Crippen molar-refractivity contribution in [1.82, 2.24) is 15.2 Å². The lowest BCUT2D eigenvalue weighted by molar-refractivity contribution is -0.193. The number of carboxylic acids is 2. The van der Waals surface area contributed by atoms with E-state index in [0.717, 1.165) is 44.6 Å². The molecule has 2 aliphatic heterocycles. The summed E-state index contributed by atoms with van der Waals surface area (Å²) in [5, 5.41) is 17.3. The molecular formula is C24H27F6N3O7. The van der Waals surface area contributed by atoms with E-state index in [4.69, 9.17) is 29.0 Å². The average Bonchev–Trinajstić information content (AvgIpc) is 3.54. The zero-order valence-electron chi connectivity index (χ0n) is 20.8. The van der Waals surface area contributed by atoms with Crippen LogP contribution in [0, 0.1) is 5.92 Å². The zero-order valence-corrected chi connectivity index (χ0v) is 20.8. The fourth-order valence-electron chi connectivity index (χ4n) is 3.92. The molecule has 40 heavy (non-hydrogen) atoms. The number of furan rings is 1. The first-order valence-corrected chi connectivity index (χ1v) is 11.8. The summed E-state index contributed by atoms with van der Waals surface area (Å²) >= 11 is 0. The van der Waals surface area contributed by atoms with Crippen LogP contribution in [0.4, 0.5) is 26.3 Å². The first-order valence-electron chi connectivity index (χ1n) is 11.8. The molecule has 0 radical (unpaired) electrons. The van der Waals surface area contributed by atoms with E-state index in [-0.39, 0.29) is 18.1 Å². The van der Waals surface area contributed by atoms with Gasteiger partial charge in [-0.3, -0.25) is 14.7 Å². The molecule has 3 N–H and O–H groups in total. The SMILES string of the molecule is O=C(NCCc1ccccn1)[C@@H]1C[C@@H]2CCN(Cc3ccoc3)C[C@@H]2O1.O=C(O)C(F)(F)F.O=C(O)C(F)(F)F. The highest BCUT2D eigenvalue weighted by Gasteiger charge is 2.42. The highest BCUT2D eigenvalue weighted by Crippen LogP contribution is 2.33. The van der Waals surface area contributed by atoms with Crippen LogP contribution in [0.5, 0.6) is 0 Å². The standard InChI is InChI=1S/C20H25N3O3.2C2HF3O2/c24-20(22-8-4-17-3-1-2-7-21-17)18-11-16-5-9-23(13-19(16)26-18)12-15-6-10-25-14-15;2*3-2(4,5)1(6)7/h1-3,6-7,10,14,16,18-19H,4-5,8-9,11-13H2,(H,22,24);2*(H,6,7)/t16-,18-,19-;;/m0../s1. The molecule has 3 atom stereocenters. The van der Waals surface area contributed by atoms with E-state index in [2.05, 4.69) is 15.2 Å². The van der Waals surface area contributed by atoms with Crippen LogP contribution in [0.15, 0.2) is 47.4 Å². The second-order valence-corrected chi connectivity index (χ2v) is 8.78. The third-order valence-electron chi connectivity index (χ3n) is 5.81. The maximum absolute atomic E-state index is 12.4. The van der Waals surface area contributed by atoms with Crippen LogP contribution in [0.3, 0.4) is 0 Å². The lowest BCUT2D eigenvalue weighted by atomic mass is 9.91. The van der Waals surface area contributed by atoms with Gasteiger partial charge in [0, 0.05) is 43.5 Å². The monoisotopic (exact) mass is 583 g/mol. The van der Waals surface area contributed by atoms with Crippen LogP contribution in [0.2, 0.25) is 0 Å². The van der Waals surface area contributed by atoms with Crippen molar-refractivity contribution in [2.75, 3.05) is 19.6 Å². The van der Waals surface area contributed by atoms with Gasteiger partial charge in [0.15, 0.2) is 0 Å². The molecule has 2 saturated heterocycles. The molecule has 10 nitrogen and oxygen atoms in total. The minimum absolute atomic E-state index is 0.0108. The number of carbonyl (C=O) groups is 3. The number of halogens is 6. The van der Waals surface area contributed by atoms with Crippen molar-refractivity contribution >= 4 is 17.8 Å². The van der Waals surface area contributed by atoms with Gasteiger partial charge in [0.1, 0.15) is 6.10 Å².